The zero-order valence-corrected chi connectivity index (χ0v) is 34.5. The van der Waals surface area contributed by atoms with Crippen LogP contribution < -0.4 is 19.9 Å². The molecule has 2 aromatic carbocycles. The lowest BCUT2D eigenvalue weighted by Gasteiger charge is -2.43. The molecule has 316 valence electrons. The van der Waals surface area contributed by atoms with Crippen molar-refractivity contribution in [2.75, 3.05) is 49.1 Å². The number of halogens is 1. The molecular weight excluding hydrogens is 766 g/mol. The van der Waals surface area contributed by atoms with Crippen LogP contribution in [0.1, 0.15) is 94.0 Å². The van der Waals surface area contributed by atoms with Gasteiger partial charge in [0.15, 0.2) is 5.82 Å². The second-order valence-electron chi connectivity index (χ2n) is 18.2. The molecule has 0 radical (unpaired) electrons. The van der Waals surface area contributed by atoms with Crippen molar-refractivity contribution >= 4 is 40.1 Å². The summed E-state index contributed by atoms with van der Waals surface area (Å²) in [7, 11) is 0. The normalized spacial score (nSPS) is 26.1. The second kappa shape index (κ2) is 15.7. The molecule has 10 rings (SSSR count). The Bertz CT molecular complexity index is 2300. The Morgan fingerprint density at radius 1 is 0.900 bits per heavy atom. The highest BCUT2D eigenvalue weighted by atomic mass is 19.1. The van der Waals surface area contributed by atoms with Gasteiger partial charge in [-0.15, -0.1) is 0 Å². The molecule has 3 saturated heterocycles. The van der Waals surface area contributed by atoms with Gasteiger partial charge in [-0.1, -0.05) is 0 Å². The minimum atomic E-state index is -0.764. The van der Waals surface area contributed by atoms with Crippen LogP contribution >= 0.6 is 0 Å². The number of benzene rings is 2. The van der Waals surface area contributed by atoms with E-state index in [-0.39, 0.29) is 49.0 Å². The molecule has 14 nitrogen and oxygen atoms in total. The molecule has 2 aliphatic carbocycles. The molecule has 0 spiro atoms. The van der Waals surface area contributed by atoms with E-state index in [0.717, 1.165) is 111 Å². The summed E-state index contributed by atoms with van der Waals surface area (Å²) in [6.07, 6.45) is 10.7. The Kier molecular flexibility index (Phi) is 10.2. The van der Waals surface area contributed by atoms with E-state index in [9.17, 15) is 14.4 Å². The van der Waals surface area contributed by atoms with Crippen molar-refractivity contribution in [3.8, 4) is 17.1 Å². The predicted molar refractivity (Wildman–Crippen MR) is 223 cm³/mol. The van der Waals surface area contributed by atoms with E-state index < -0.39 is 17.8 Å². The number of carbonyl (C=O) groups excluding carboxylic acids is 3. The summed E-state index contributed by atoms with van der Waals surface area (Å²) in [6, 6.07) is 11.2. The number of piperidine rings is 2. The van der Waals surface area contributed by atoms with E-state index in [1.807, 2.05) is 12.1 Å². The van der Waals surface area contributed by atoms with Gasteiger partial charge in [-0.25, -0.2) is 14.4 Å². The second-order valence-corrected chi connectivity index (χ2v) is 18.2. The molecule has 4 aromatic rings. The molecule has 5 fully saturated rings. The van der Waals surface area contributed by atoms with Crippen molar-refractivity contribution in [1.29, 1.82) is 0 Å². The Hall–Kier alpha value is -5.15. The van der Waals surface area contributed by atoms with Crippen molar-refractivity contribution in [2.45, 2.75) is 114 Å². The highest BCUT2D eigenvalue weighted by molar-refractivity contribution is 6.05. The molecule has 60 heavy (non-hydrogen) atoms. The number of imide groups is 1. The van der Waals surface area contributed by atoms with Crippen molar-refractivity contribution < 1.29 is 28.2 Å². The summed E-state index contributed by atoms with van der Waals surface area (Å²) < 4.78 is 28.9. The molecule has 2 atom stereocenters. The molecule has 2 saturated carbocycles. The Morgan fingerprint density at radius 3 is 2.47 bits per heavy atom. The van der Waals surface area contributed by atoms with Crippen LogP contribution in [-0.2, 0) is 20.9 Å². The zero-order valence-electron chi connectivity index (χ0n) is 34.5. The molecule has 2 unspecified atom stereocenters. The van der Waals surface area contributed by atoms with Gasteiger partial charge in [-0.05, 0) is 108 Å². The SMILES string of the molecule is CC1CN(c2cc(-c3n[nH]c4ccc(OC5(C)CC5)cc34)ncn2)CCN1CC1CCC(OC2CCN(c3ccc4c(c3F)CN(C3CCC(=O)NC3=O)C4=O)CC2)CC1. The van der Waals surface area contributed by atoms with Gasteiger partial charge < -0.3 is 24.2 Å². The first kappa shape index (κ1) is 39.0. The van der Waals surface area contributed by atoms with Crippen LogP contribution in [0.2, 0.25) is 0 Å². The molecule has 15 heteroatoms. The van der Waals surface area contributed by atoms with Crippen LogP contribution in [0.5, 0.6) is 5.75 Å². The summed E-state index contributed by atoms with van der Waals surface area (Å²) >= 11 is 0. The molecule has 2 N–H and O–H groups in total. The number of nitrogens with one attached hydrogen (secondary N) is 2. The maximum Gasteiger partial charge on any atom is 0.255 e. The topological polar surface area (TPSA) is 149 Å². The first-order valence-electron chi connectivity index (χ1n) is 21.9. The Balaban J connectivity index is 0.679. The highest BCUT2D eigenvalue weighted by Crippen LogP contribution is 2.41. The number of anilines is 2. The number of aromatic nitrogens is 4. The maximum atomic E-state index is 16.0. The maximum absolute atomic E-state index is 16.0. The minimum Gasteiger partial charge on any atom is -0.488 e. The molecule has 2 aromatic heterocycles. The number of fused-ring (bicyclic) bond motifs is 2. The van der Waals surface area contributed by atoms with Gasteiger partial charge in [0, 0.05) is 74.3 Å². The number of carbonyl (C=O) groups is 3. The Morgan fingerprint density at radius 2 is 1.70 bits per heavy atom. The summed E-state index contributed by atoms with van der Waals surface area (Å²) in [4.78, 5) is 55.0. The van der Waals surface area contributed by atoms with E-state index in [4.69, 9.17) is 9.47 Å². The number of aromatic amines is 1. The lowest BCUT2D eigenvalue weighted by molar-refractivity contribution is -0.136. The largest absolute Gasteiger partial charge is 0.488 e. The summed E-state index contributed by atoms with van der Waals surface area (Å²) in [5, 5.41) is 11.1. The lowest BCUT2D eigenvalue weighted by atomic mass is 9.86. The van der Waals surface area contributed by atoms with Crippen molar-refractivity contribution in [3.05, 3.63) is 59.7 Å². The first-order chi connectivity index (χ1) is 29.1. The Labute approximate surface area is 349 Å². The third-order valence-electron chi connectivity index (χ3n) is 13.9. The van der Waals surface area contributed by atoms with Gasteiger partial charge in [-0.3, -0.25) is 29.7 Å². The predicted octanol–water partition coefficient (Wildman–Crippen LogP) is 5.61. The summed E-state index contributed by atoms with van der Waals surface area (Å²) in [5.74, 6) is 0.844. The average molecular weight is 820 g/mol. The van der Waals surface area contributed by atoms with Crippen LogP contribution in [0, 0.1) is 11.7 Å². The van der Waals surface area contributed by atoms with Gasteiger partial charge in [0.25, 0.3) is 5.91 Å². The van der Waals surface area contributed by atoms with E-state index >= 15 is 4.39 Å². The van der Waals surface area contributed by atoms with Crippen molar-refractivity contribution in [2.24, 2.45) is 5.92 Å². The summed E-state index contributed by atoms with van der Waals surface area (Å²) in [6.45, 7) is 9.75. The van der Waals surface area contributed by atoms with Gasteiger partial charge in [-0.2, -0.15) is 5.10 Å². The number of rotatable bonds is 10. The van der Waals surface area contributed by atoms with E-state index in [1.54, 1.807) is 18.5 Å². The van der Waals surface area contributed by atoms with Gasteiger partial charge in [0.2, 0.25) is 11.8 Å². The summed E-state index contributed by atoms with van der Waals surface area (Å²) in [5.41, 5.74) is 3.63. The van der Waals surface area contributed by atoms with Crippen molar-refractivity contribution in [1.82, 2.24) is 35.3 Å². The molecule has 0 bridgehead atoms. The number of hydrogen-bond acceptors (Lipinski definition) is 11. The number of H-pyrrole nitrogens is 1. The van der Waals surface area contributed by atoms with E-state index in [2.05, 4.69) is 66.2 Å². The fraction of sp³-hybridized carbons (Fsp3) is 0.556. The van der Waals surface area contributed by atoms with Crippen LogP contribution in [0.3, 0.4) is 0 Å². The fourth-order valence-corrected chi connectivity index (χ4v) is 10.1. The standard InChI is InChI=1S/C45H54FN9O5/c1-27-23-54(39-22-36(47-26-48-39)42-33-21-31(60-45(2)15-16-45)7-9-35(33)50-51-42)20-19-53(27)24-28-3-5-29(6-4-28)59-30-13-17-52(18-14-30)37-10-8-32-34(41(37)46)25-55(44(32)58)38-11-12-40(56)49-43(38)57/h7-10,21-22,26-30,38H,3-6,11-20,23-25H2,1-2H3,(H,50,51)(H,49,56,57). The minimum absolute atomic E-state index is 0.0315. The number of nitrogens with zero attached hydrogens (tertiary/aromatic N) is 7. The highest BCUT2D eigenvalue weighted by Gasteiger charge is 2.42. The third kappa shape index (κ3) is 7.70. The number of ether oxygens (including phenoxy) is 2. The van der Waals surface area contributed by atoms with Crippen LogP contribution in [-0.4, -0.2) is 117 Å². The smallest absolute Gasteiger partial charge is 0.255 e. The fourth-order valence-electron chi connectivity index (χ4n) is 10.1. The monoisotopic (exact) mass is 819 g/mol. The van der Waals surface area contributed by atoms with Crippen LogP contribution in [0.4, 0.5) is 15.9 Å². The molecule has 6 heterocycles. The molecule has 3 amide bonds. The van der Waals surface area contributed by atoms with E-state index in [1.165, 1.54) is 4.90 Å². The van der Waals surface area contributed by atoms with Gasteiger partial charge in [0.1, 0.15) is 35.2 Å². The lowest BCUT2D eigenvalue weighted by Crippen LogP contribution is -2.53. The molecule has 4 aliphatic heterocycles. The molecule has 6 aliphatic rings. The van der Waals surface area contributed by atoms with Crippen molar-refractivity contribution in [3.63, 3.8) is 0 Å². The van der Waals surface area contributed by atoms with E-state index in [0.29, 0.717) is 41.9 Å². The quantitative estimate of drug-likeness (QED) is 0.193. The van der Waals surface area contributed by atoms with Gasteiger partial charge in [0.05, 0.1) is 35.7 Å². The number of hydrogen-bond donors (Lipinski definition) is 2. The third-order valence-corrected chi connectivity index (χ3v) is 13.9. The van der Waals surface area contributed by atoms with Crippen LogP contribution in [0.15, 0.2) is 42.7 Å². The number of piperazine rings is 1. The average Bonchev–Trinajstić information content (AvgIpc) is 3.66. The van der Waals surface area contributed by atoms with Crippen LogP contribution in [0.25, 0.3) is 22.3 Å². The van der Waals surface area contributed by atoms with Gasteiger partial charge >= 0.3 is 0 Å². The first-order valence-corrected chi connectivity index (χ1v) is 21.9. The zero-order chi connectivity index (χ0) is 41.1. The molecular formula is C45H54FN9O5. The number of amides is 3.